The number of hydrogen-bond acceptors (Lipinski definition) is 1. The highest BCUT2D eigenvalue weighted by Gasteiger charge is 2.10. The molecule has 0 aliphatic rings. The van der Waals surface area contributed by atoms with Gasteiger partial charge in [-0.3, -0.25) is 0 Å². The fourth-order valence-corrected chi connectivity index (χ4v) is 6.40. The van der Waals surface area contributed by atoms with Gasteiger partial charge in [0.1, 0.15) is 0 Å². The Morgan fingerprint density at radius 2 is 0.500 bits per heavy atom. The smallest absolute Gasteiger partial charge is 0.114 e. The number of rotatable bonds is 35. The van der Waals surface area contributed by atoms with Crippen LogP contribution >= 0.6 is 25.6 Å². The third-order valence-electron chi connectivity index (χ3n) is 8.69. The molecule has 0 fully saturated rings. The van der Waals surface area contributed by atoms with Crippen LogP contribution in [0.15, 0.2) is 0 Å². The van der Waals surface area contributed by atoms with Crippen molar-refractivity contribution in [2.45, 2.75) is 219 Å². The average Bonchev–Trinajstić information content (AvgIpc) is 2.95. The van der Waals surface area contributed by atoms with Gasteiger partial charge in [-0.25, -0.2) is 0 Å². The van der Waals surface area contributed by atoms with Crippen LogP contribution in [-0.2, 0) is 4.57 Å². The van der Waals surface area contributed by atoms with Gasteiger partial charge >= 0.3 is 8.61 Å². The van der Waals surface area contributed by atoms with Crippen LogP contribution in [0.25, 0.3) is 0 Å². The molecule has 0 spiro atoms. The molecule has 0 heterocycles. The van der Waals surface area contributed by atoms with E-state index < -0.39 is 0 Å². The molecule has 0 aliphatic carbocycles. The minimum Gasteiger partial charge on any atom is -0.114 e. The summed E-state index contributed by atoms with van der Waals surface area (Å²) >= 11 is 0. The number of nitrogens with zero attached hydrogens (tertiary/aromatic N) is 1. The molecule has 0 rings (SSSR count). The molecule has 0 N–H and O–H groups in total. The molecule has 0 aromatic heterocycles. The second kappa shape index (κ2) is 39.5. The lowest BCUT2D eigenvalue weighted by Gasteiger charge is -2.08. The second-order valence-corrected chi connectivity index (χ2v) is 13.5. The molecule has 0 amide bonds. The van der Waals surface area contributed by atoms with Gasteiger partial charge in [0.2, 0.25) is 0 Å². The SMILES string of the molecule is Br.CCCCCCCCCCCCCCCCCCN(CCCCCCCCCCCCCCCCCC)[PH+]=O. The fourth-order valence-electron chi connectivity index (χ4n) is 5.90. The molecular formula is C36H76BrNOP+. The molecule has 242 valence electrons. The van der Waals surface area contributed by atoms with E-state index >= 15 is 0 Å². The summed E-state index contributed by atoms with van der Waals surface area (Å²) in [5.74, 6) is 0. The van der Waals surface area contributed by atoms with Gasteiger partial charge in [0, 0.05) is 13.1 Å². The van der Waals surface area contributed by atoms with Crippen molar-refractivity contribution in [2.24, 2.45) is 0 Å². The van der Waals surface area contributed by atoms with E-state index in [4.69, 9.17) is 0 Å². The highest BCUT2D eigenvalue weighted by atomic mass is 79.9. The Morgan fingerprint density at radius 3 is 0.675 bits per heavy atom. The van der Waals surface area contributed by atoms with Crippen LogP contribution in [0, 0.1) is 0 Å². The molecule has 4 heteroatoms. The molecule has 0 saturated carbocycles. The summed E-state index contributed by atoms with van der Waals surface area (Å²) in [5.41, 5.74) is 0. The maximum absolute atomic E-state index is 11.6. The quantitative estimate of drug-likeness (QED) is 0.0503. The molecule has 0 bridgehead atoms. The van der Waals surface area contributed by atoms with Crippen molar-refractivity contribution >= 4 is 25.6 Å². The van der Waals surface area contributed by atoms with Gasteiger partial charge in [-0.1, -0.05) is 216 Å². The van der Waals surface area contributed by atoms with E-state index in [-0.39, 0.29) is 25.6 Å². The molecule has 0 radical (unpaired) electrons. The zero-order valence-electron chi connectivity index (χ0n) is 27.8. The van der Waals surface area contributed by atoms with Crippen molar-refractivity contribution in [3.05, 3.63) is 0 Å². The molecule has 0 aromatic rings. The normalized spacial score (nSPS) is 11.5. The minimum atomic E-state index is -0.246. The van der Waals surface area contributed by atoms with Crippen molar-refractivity contribution in [2.75, 3.05) is 13.1 Å². The highest BCUT2D eigenvalue weighted by molar-refractivity contribution is 8.93. The van der Waals surface area contributed by atoms with Crippen molar-refractivity contribution in [1.29, 1.82) is 0 Å². The predicted octanol–water partition coefficient (Wildman–Crippen LogP) is 14.3. The second-order valence-electron chi connectivity index (χ2n) is 12.7. The van der Waals surface area contributed by atoms with Crippen LogP contribution < -0.4 is 0 Å². The lowest BCUT2D eigenvalue weighted by molar-refractivity contribution is 0.401. The van der Waals surface area contributed by atoms with Crippen molar-refractivity contribution in [3.8, 4) is 0 Å². The lowest BCUT2D eigenvalue weighted by atomic mass is 10.0. The van der Waals surface area contributed by atoms with E-state index in [2.05, 4.69) is 18.5 Å². The first-order valence-corrected chi connectivity index (χ1v) is 19.3. The topological polar surface area (TPSA) is 20.3 Å². The van der Waals surface area contributed by atoms with Gasteiger partial charge in [-0.15, -0.1) is 17.0 Å². The van der Waals surface area contributed by atoms with E-state index in [9.17, 15) is 4.57 Å². The first-order chi connectivity index (χ1) is 19.3. The molecule has 0 aliphatic heterocycles. The molecule has 0 aromatic carbocycles. The average molecular weight is 650 g/mol. The van der Waals surface area contributed by atoms with Crippen molar-refractivity contribution in [3.63, 3.8) is 0 Å². The van der Waals surface area contributed by atoms with Gasteiger partial charge in [0.25, 0.3) is 0 Å². The Balaban J connectivity index is 0. The van der Waals surface area contributed by atoms with Gasteiger partial charge in [-0.2, -0.15) is 0 Å². The van der Waals surface area contributed by atoms with Gasteiger partial charge in [0.15, 0.2) is 0 Å². The first kappa shape index (κ1) is 42.7. The Bertz CT molecular complexity index is 415. The lowest BCUT2D eigenvalue weighted by Crippen LogP contribution is -2.15. The van der Waals surface area contributed by atoms with Gasteiger partial charge < -0.3 is 0 Å². The summed E-state index contributed by atoms with van der Waals surface area (Å²) in [6, 6.07) is 0. The zero-order chi connectivity index (χ0) is 28.3. The first-order valence-electron chi connectivity index (χ1n) is 18.5. The third-order valence-corrected chi connectivity index (χ3v) is 9.40. The van der Waals surface area contributed by atoms with E-state index in [1.165, 1.54) is 205 Å². The Labute approximate surface area is 266 Å². The largest absolute Gasteiger partial charge is 0.420 e. The molecule has 2 nitrogen and oxygen atoms in total. The Hall–Kier alpha value is 0.540. The maximum Gasteiger partial charge on any atom is 0.420 e. The van der Waals surface area contributed by atoms with E-state index in [0.717, 1.165) is 13.1 Å². The maximum atomic E-state index is 11.6. The van der Waals surface area contributed by atoms with E-state index in [0.29, 0.717) is 0 Å². The summed E-state index contributed by atoms with van der Waals surface area (Å²) in [7, 11) is -0.246. The Kier molecular flexibility index (Phi) is 42.2. The summed E-state index contributed by atoms with van der Waals surface area (Å²) in [6.07, 6.45) is 45.2. The molecule has 1 atom stereocenters. The molecular weight excluding hydrogens is 573 g/mol. The molecule has 0 saturated heterocycles. The van der Waals surface area contributed by atoms with E-state index in [1.54, 1.807) is 0 Å². The summed E-state index contributed by atoms with van der Waals surface area (Å²) < 4.78 is 13.8. The van der Waals surface area contributed by atoms with Crippen LogP contribution in [0.3, 0.4) is 0 Å². The molecule has 1 unspecified atom stereocenters. The predicted molar refractivity (Wildman–Crippen MR) is 190 cm³/mol. The van der Waals surface area contributed by atoms with Gasteiger partial charge in [0.05, 0.1) is 0 Å². The third kappa shape index (κ3) is 36.6. The number of unbranched alkanes of at least 4 members (excludes halogenated alkanes) is 30. The van der Waals surface area contributed by atoms with Crippen LogP contribution in [0.5, 0.6) is 0 Å². The highest BCUT2D eigenvalue weighted by Crippen LogP contribution is 2.17. The van der Waals surface area contributed by atoms with Crippen LogP contribution in [0.1, 0.15) is 219 Å². The number of halogens is 1. The fraction of sp³-hybridized carbons (Fsp3) is 1.00. The summed E-state index contributed by atoms with van der Waals surface area (Å²) in [5, 5.41) is 0. The van der Waals surface area contributed by atoms with Crippen molar-refractivity contribution < 1.29 is 4.57 Å². The van der Waals surface area contributed by atoms with Crippen LogP contribution in [0.4, 0.5) is 0 Å². The van der Waals surface area contributed by atoms with Crippen LogP contribution in [-0.4, -0.2) is 17.8 Å². The van der Waals surface area contributed by atoms with Crippen molar-refractivity contribution in [1.82, 2.24) is 4.67 Å². The minimum absolute atomic E-state index is 0. The Morgan fingerprint density at radius 1 is 0.325 bits per heavy atom. The standard InChI is InChI=1S/C36H74NOP.BrH/c1-3-5-7-9-11-13-15-17-19-21-23-25-27-29-31-33-35-37(39-38)36-34-32-30-28-26-24-22-20-18-16-14-12-10-8-6-4-2;/h3-36H2,1-2H3;1H/p+1. The van der Waals surface area contributed by atoms with E-state index in [1.807, 2.05) is 0 Å². The summed E-state index contributed by atoms with van der Waals surface area (Å²) in [6.45, 7) is 6.68. The summed E-state index contributed by atoms with van der Waals surface area (Å²) in [4.78, 5) is 0. The molecule has 40 heavy (non-hydrogen) atoms. The van der Waals surface area contributed by atoms with Gasteiger partial charge in [-0.05, 0) is 12.8 Å². The monoisotopic (exact) mass is 648 g/mol. The number of hydrogen-bond donors (Lipinski definition) is 0. The zero-order valence-corrected chi connectivity index (χ0v) is 30.5. The van der Waals surface area contributed by atoms with Crippen LogP contribution in [0.2, 0.25) is 0 Å².